The highest BCUT2D eigenvalue weighted by Crippen LogP contribution is 2.25. The number of ether oxygens (including phenoxy) is 1. The van der Waals surface area contributed by atoms with Crippen LogP contribution < -0.4 is 14.4 Å². The predicted octanol–water partition coefficient (Wildman–Crippen LogP) is 4.21. The van der Waals surface area contributed by atoms with Crippen LogP contribution in [0.1, 0.15) is 12.5 Å². The first kappa shape index (κ1) is 24.7. The molecular weight excluding hydrogens is 467 g/mol. The van der Waals surface area contributed by atoms with Crippen LogP contribution in [0, 0.1) is 0 Å². The lowest BCUT2D eigenvalue weighted by Crippen LogP contribution is -2.41. The lowest BCUT2D eigenvalue weighted by molar-refractivity contribution is -0.119. The van der Waals surface area contributed by atoms with E-state index in [0.717, 1.165) is 21.9 Å². The van der Waals surface area contributed by atoms with Gasteiger partial charge in [0.2, 0.25) is 15.9 Å². The number of benzene rings is 2. The van der Waals surface area contributed by atoms with Gasteiger partial charge < -0.3 is 10.1 Å². The molecule has 6 nitrogen and oxygen atoms in total. The minimum absolute atomic E-state index is 0.300. The smallest absolute Gasteiger partial charge is 0.240 e. The van der Waals surface area contributed by atoms with Crippen molar-refractivity contribution in [3.05, 3.63) is 58.1 Å². The number of sulfonamides is 1. The van der Waals surface area contributed by atoms with Crippen molar-refractivity contribution < 1.29 is 17.9 Å². The number of rotatable bonds is 11. The Labute approximate surface area is 191 Å². The predicted molar refractivity (Wildman–Crippen MR) is 125 cm³/mol. The summed E-state index contributed by atoms with van der Waals surface area (Å²) >= 11 is 13.5. The first-order valence-corrected chi connectivity index (χ1v) is 13.0. The van der Waals surface area contributed by atoms with Crippen LogP contribution in [0.4, 0.5) is 5.69 Å². The normalized spacial score (nSPS) is 11.2. The standard InChI is InChI=1S/C20H24Cl2N2O4S2/c1-3-28-17-6-4-5-16(12-17)24(30(2,26)27)13-20(25)23-9-10-29-14-15-7-8-18(21)19(22)11-15/h4-8,11-12H,3,9-10,13-14H2,1-2H3,(H,23,25). The molecule has 0 atom stereocenters. The van der Waals surface area contributed by atoms with E-state index in [4.69, 9.17) is 27.9 Å². The van der Waals surface area contributed by atoms with Crippen LogP contribution in [0.3, 0.4) is 0 Å². The molecule has 0 saturated heterocycles. The Kier molecular flexibility index (Phi) is 9.61. The quantitative estimate of drug-likeness (QED) is 0.477. The lowest BCUT2D eigenvalue weighted by atomic mass is 10.2. The number of nitrogens with one attached hydrogen (secondary N) is 1. The Morgan fingerprint density at radius 3 is 2.60 bits per heavy atom. The van der Waals surface area contributed by atoms with Gasteiger partial charge in [0.1, 0.15) is 12.3 Å². The summed E-state index contributed by atoms with van der Waals surface area (Å²) in [5.41, 5.74) is 1.42. The van der Waals surface area contributed by atoms with Gasteiger partial charge in [-0.15, -0.1) is 0 Å². The highest BCUT2D eigenvalue weighted by atomic mass is 35.5. The highest BCUT2D eigenvalue weighted by molar-refractivity contribution is 7.98. The second kappa shape index (κ2) is 11.7. The van der Waals surface area contributed by atoms with E-state index in [1.165, 1.54) is 0 Å². The minimum Gasteiger partial charge on any atom is -0.494 e. The van der Waals surface area contributed by atoms with Gasteiger partial charge in [-0.1, -0.05) is 35.3 Å². The van der Waals surface area contributed by atoms with Gasteiger partial charge in [-0.3, -0.25) is 9.10 Å². The summed E-state index contributed by atoms with van der Waals surface area (Å²) < 4.78 is 30.9. The molecule has 0 aliphatic heterocycles. The van der Waals surface area contributed by atoms with E-state index in [0.29, 0.717) is 40.4 Å². The van der Waals surface area contributed by atoms with Crippen molar-refractivity contribution in [1.29, 1.82) is 0 Å². The maximum absolute atomic E-state index is 12.3. The molecule has 0 fully saturated rings. The third-order valence-corrected chi connectivity index (χ3v) is 6.84. The fourth-order valence-electron chi connectivity index (χ4n) is 2.56. The summed E-state index contributed by atoms with van der Waals surface area (Å²) in [6.07, 6.45) is 1.07. The molecule has 0 aromatic heterocycles. The number of amides is 1. The molecule has 0 heterocycles. The minimum atomic E-state index is -3.64. The molecule has 10 heteroatoms. The number of anilines is 1. The zero-order chi connectivity index (χ0) is 22.1. The Bertz CT molecular complexity index is 971. The van der Waals surface area contributed by atoms with Crippen molar-refractivity contribution in [3.63, 3.8) is 0 Å². The molecule has 2 aromatic carbocycles. The number of hydrogen-bond donors (Lipinski definition) is 1. The summed E-state index contributed by atoms with van der Waals surface area (Å²) in [6, 6.07) is 12.1. The molecule has 1 N–H and O–H groups in total. The molecule has 30 heavy (non-hydrogen) atoms. The number of carbonyl (C=O) groups is 1. The third kappa shape index (κ3) is 7.91. The number of thioether (sulfide) groups is 1. The first-order valence-electron chi connectivity index (χ1n) is 9.19. The largest absolute Gasteiger partial charge is 0.494 e. The van der Waals surface area contributed by atoms with Crippen molar-refractivity contribution in [2.75, 3.05) is 36.0 Å². The molecule has 2 rings (SSSR count). The molecule has 0 aliphatic rings. The monoisotopic (exact) mass is 490 g/mol. The zero-order valence-electron chi connectivity index (χ0n) is 16.7. The Morgan fingerprint density at radius 2 is 1.93 bits per heavy atom. The molecule has 0 radical (unpaired) electrons. The maximum Gasteiger partial charge on any atom is 0.240 e. The lowest BCUT2D eigenvalue weighted by Gasteiger charge is -2.22. The van der Waals surface area contributed by atoms with Gasteiger partial charge in [-0.05, 0) is 36.8 Å². The van der Waals surface area contributed by atoms with Crippen LogP contribution in [0.2, 0.25) is 10.0 Å². The SMILES string of the molecule is CCOc1cccc(N(CC(=O)NCCSCc2ccc(Cl)c(Cl)c2)S(C)(=O)=O)c1. The first-order chi connectivity index (χ1) is 14.2. The van der Waals surface area contributed by atoms with Gasteiger partial charge in [0.25, 0.3) is 0 Å². The van der Waals surface area contributed by atoms with Gasteiger partial charge in [0.05, 0.1) is 28.6 Å². The van der Waals surface area contributed by atoms with Crippen molar-refractivity contribution in [1.82, 2.24) is 5.32 Å². The zero-order valence-corrected chi connectivity index (χ0v) is 19.9. The van der Waals surface area contributed by atoms with Gasteiger partial charge in [-0.25, -0.2) is 8.42 Å². The summed E-state index contributed by atoms with van der Waals surface area (Å²) in [5, 5.41) is 3.78. The molecule has 0 spiro atoms. The van der Waals surface area contributed by atoms with Crippen LogP contribution in [0.25, 0.3) is 0 Å². The van der Waals surface area contributed by atoms with E-state index in [2.05, 4.69) is 5.32 Å². The van der Waals surface area contributed by atoms with Crippen LogP contribution in [-0.4, -0.2) is 46.0 Å². The molecule has 0 unspecified atom stereocenters. The molecule has 0 bridgehead atoms. The van der Waals surface area contributed by atoms with E-state index in [9.17, 15) is 13.2 Å². The number of hydrogen-bond acceptors (Lipinski definition) is 5. The van der Waals surface area contributed by atoms with E-state index in [1.54, 1.807) is 42.1 Å². The summed E-state index contributed by atoms with van der Waals surface area (Å²) in [6.45, 7) is 2.42. The van der Waals surface area contributed by atoms with Crippen molar-refractivity contribution >= 4 is 56.6 Å². The van der Waals surface area contributed by atoms with Crippen molar-refractivity contribution in [2.24, 2.45) is 0 Å². The van der Waals surface area contributed by atoms with Crippen molar-refractivity contribution in [2.45, 2.75) is 12.7 Å². The fraction of sp³-hybridized carbons (Fsp3) is 0.350. The van der Waals surface area contributed by atoms with E-state index in [1.807, 2.05) is 19.1 Å². The third-order valence-electron chi connectivity index (χ3n) is 3.93. The second-order valence-electron chi connectivity index (χ2n) is 6.35. The number of halogens is 2. The topological polar surface area (TPSA) is 75.7 Å². The number of carbonyl (C=O) groups excluding carboxylic acids is 1. The fourth-order valence-corrected chi connectivity index (χ4v) is 4.54. The summed E-state index contributed by atoms with van der Waals surface area (Å²) in [5.74, 6) is 1.57. The number of nitrogens with zero attached hydrogens (tertiary/aromatic N) is 1. The van der Waals surface area contributed by atoms with E-state index >= 15 is 0 Å². The molecule has 2 aromatic rings. The van der Waals surface area contributed by atoms with Crippen LogP contribution >= 0.6 is 35.0 Å². The van der Waals surface area contributed by atoms with E-state index < -0.39 is 10.0 Å². The Hall–Kier alpha value is -1.61. The molecule has 1 amide bonds. The van der Waals surface area contributed by atoms with Crippen LogP contribution in [-0.2, 0) is 20.6 Å². The van der Waals surface area contributed by atoms with Gasteiger partial charge >= 0.3 is 0 Å². The van der Waals surface area contributed by atoms with Gasteiger partial charge in [0.15, 0.2) is 0 Å². The molecule has 164 valence electrons. The maximum atomic E-state index is 12.3. The molecular formula is C20H24Cl2N2O4S2. The summed E-state index contributed by atoms with van der Waals surface area (Å²) in [4.78, 5) is 12.3. The second-order valence-corrected chi connectivity index (χ2v) is 10.2. The molecule has 0 aliphatic carbocycles. The average Bonchev–Trinajstić information content (AvgIpc) is 2.68. The highest BCUT2D eigenvalue weighted by Gasteiger charge is 2.21. The van der Waals surface area contributed by atoms with Crippen molar-refractivity contribution in [3.8, 4) is 5.75 Å². The average molecular weight is 491 g/mol. The van der Waals surface area contributed by atoms with Crippen LogP contribution in [0.15, 0.2) is 42.5 Å². The Balaban J connectivity index is 1.86. The van der Waals surface area contributed by atoms with Gasteiger partial charge in [-0.2, -0.15) is 11.8 Å². The van der Waals surface area contributed by atoms with Crippen LogP contribution in [0.5, 0.6) is 5.75 Å². The summed E-state index contributed by atoms with van der Waals surface area (Å²) in [7, 11) is -3.64. The van der Waals surface area contributed by atoms with E-state index in [-0.39, 0.29) is 12.5 Å². The molecule has 0 saturated carbocycles. The Morgan fingerprint density at radius 1 is 1.17 bits per heavy atom. The van der Waals surface area contributed by atoms with Gasteiger partial charge in [0, 0.05) is 24.1 Å².